The summed E-state index contributed by atoms with van der Waals surface area (Å²) in [5, 5.41) is 19.2. The third kappa shape index (κ3) is 5.53. The maximum atomic E-state index is 11.6. The molecule has 27 heavy (non-hydrogen) atoms. The van der Waals surface area contributed by atoms with Crippen LogP contribution in [-0.2, 0) is 13.0 Å². The van der Waals surface area contributed by atoms with E-state index < -0.39 is 6.09 Å². The van der Waals surface area contributed by atoms with E-state index >= 15 is 0 Å². The van der Waals surface area contributed by atoms with Gasteiger partial charge in [-0.3, -0.25) is 0 Å². The molecule has 0 aliphatic heterocycles. The summed E-state index contributed by atoms with van der Waals surface area (Å²) in [6.07, 6.45) is -0.293. The van der Waals surface area contributed by atoms with E-state index in [4.69, 9.17) is 0 Å². The van der Waals surface area contributed by atoms with Crippen molar-refractivity contribution in [1.82, 2.24) is 4.90 Å². The molecule has 0 saturated carbocycles. The van der Waals surface area contributed by atoms with Gasteiger partial charge in [-0.1, -0.05) is 66.4 Å². The number of rotatable bonds is 7. The topological polar surface area (TPSA) is 60.8 Å². The Bertz CT molecular complexity index is 899. The van der Waals surface area contributed by atoms with Gasteiger partial charge in [-0.2, -0.15) is 0 Å². The minimum atomic E-state index is -0.919. The van der Waals surface area contributed by atoms with Gasteiger partial charge in [-0.05, 0) is 41.8 Å². The number of hydrogen-bond donors (Lipinski definition) is 2. The van der Waals surface area contributed by atoms with Gasteiger partial charge >= 0.3 is 6.09 Å². The summed E-state index contributed by atoms with van der Waals surface area (Å²) in [5.41, 5.74) is 2.06. The van der Waals surface area contributed by atoms with Crippen molar-refractivity contribution < 1.29 is 15.0 Å². The van der Waals surface area contributed by atoms with Crippen LogP contribution in [0.2, 0.25) is 0 Å². The summed E-state index contributed by atoms with van der Waals surface area (Å²) in [6.45, 7) is 0.792. The van der Waals surface area contributed by atoms with Gasteiger partial charge in [0.05, 0.1) is 0 Å². The van der Waals surface area contributed by atoms with Gasteiger partial charge in [-0.15, -0.1) is 0 Å². The maximum Gasteiger partial charge on any atom is 0.407 e. The zero-order chi connectivity index (χ0) is 19.1. The predicted octanol–water partition coefficient (Wildman–Crippen LogP) is 5.27. The molecule has 0 heterocycles. The Balaban J connectivity index is 1.70. The van der Waals surface area contributed by atoms with Crippen molar-refractivity contribution >= 4 is 17.9 Å². The molecule has 0 saturated heterocycles. The number of carboxylic acid groups (broad SMARTS) is 1. The van der Waals surface area contributed by atoms with E-state index in [1.165, 1.54) is 4.90 Å². The highest BCUT2D eigenvalue weighted by atomic mass is 32.2. The average molecular weight is 379 g/mol. The smallest absolute Gasteiger partial charge is 0.407 e. The number of nitrogens with zero attached hydrogens (tertiary/aromatic N) is 1. The van der Waals surface area contributed by atoms with Crippen LogP contribution in [0.3, 0.4) is 0 Å². The van der Waals surface area contributed by atoms with Crippen LogP contribution in [-0.4, -0.2) is 27.8 Å². The van der Waals surface area contributed by atoms with Gasteiger partial charge in [0.2, 0.25) is 0 Å². The molecule has 0 atom stereocenters. The number of aromatic hydroxyl groups is 1. The first-order valence-corrected chi connectivity index (χ1v) is 9.50. The Hall–Kier alpha value is -2.92. The van der Waals surface area contributed by atoms with Gasteiger partial charge < -0.3 is 15.1 Å². The quantitative estimate of drug-likeness (QED) is 0.587. The molecule has 138 valence electrons. The van der Waals surface area contributed by atoms with E-state index in [9.17, 15) is 15.0 Å². The van der Waals surface area contributed by atoms with E-state index in [1.807, 2.05) is 66.7 Å². The highest BCUT2D eigenvalue weighted by molar-refractivity contribution is 7.99. The van der Waals surface area contributed by atoms with Crippen LogP contribution in [0.25, 0.3) is 0 Å². The van der Waals surface area contributed by atoms with Crippen molar-refractivity contribution in [1.29, 1.82) is 0 Å². The summed E-state index contributed by atoms with van der Waals surface area (Å²) >= 11 is 1.57. The number of carbonyl (C=O) groups is 1. The molecule has 2 N–H and O–H groups in total. The third-order valence-electron chi connectivity index (χ3n) is 4.16. The van der Waals surface area contributed by atoms with E-state index in [2.05, 4.69) is 0 Å². The van der Waals surface area contributed by atoms with Crippen LogP contribution >= 0.6 is 11.8 Å². The Labute approximate surface area is 163 Å². The van der Waals surface area contributed by atoms with Crippen LogP contribution < -0.4 is 0 Å². The first-order valence-electron chi connectivity index (χ1n) is 8.68. The standard InChI is InChI=1S/C22H21NO3S/c24-19-10-6-11-20(15-19)27-21-12-5-4-9-18(21)13-14-23(22(25)26)16-17-7-2-1-3-8-17/h1-12,15,24H,13-14,16H2,(H,25,26). The van der Waals surface area contributed by atoms with Crippen molar-refractivity contribution in [3.8, 4) is 5.75 Å². The van der Waals surface area contributed by atoms with E-state index in [0.29, 0.717) is 19.5 Å². The fraction of sp³-hybridized carbons (Fsp3) is 0.136. The molecule has 0 aromatic heterocycles. The summed E-state index contributed by atoms with van der Waals surface area (Å²) in [5.74, 6) is 0.234. The number of hydrogen-bond acceptors (Lipinski definition) is 3. The molecule has 0 spiro atoms. The monoisotopic (exact) mass is 379 g/mol. The highest BCUT2D eigenvalue weighted by Gasteiger charge is 2.13. The van der Waals surface area contributed by atoms with Gasteiger partial charge in [0.25, 0.3) is 0 Å². The third-order valence-corrected chi connectivity index (χ3v) is 5.26. The summed E-state index contributed by atoms with van der Waals surface area (Å²) in [4.78, 5) is 15.1. The van der Waals surface area contributed by atoms with Crippen molar-refractivity contribution in [2.45, 2.75) is 22.8 Å². The Morgan fingerprint density at radius 1 is 0.926 bits per heavy atom. The molecular weight excluding hydrogens is 358 g/mol. The molecule has 3 rings (SSSR count). The second kappa shape index (κ2) is 9.14. The molecule has 1 amide bonds. The summed E-state index contributed by atoms with van der Waals surface area (Å²) in [6, 6.07) is 24.7. The predicted molar refractivity (Wildman–Crippen MR) is 107 cm³/mol. The van der Waals surface area contributed by atoms with Crippen LogP contribution in [0.5, 0.6) is 5.75 Å². The Kier molecular flexibility index (Phi) is 6.39. The normalized spacial score (nSPS) is 10.5. The maximum absolute atomic E-state index is 11.6. The number of amides is 1. The molecule has 0 aliphatic rings. The van der Waals surface area contributed by atoms with Gasteiger partial charge in [0.1, 0.15) is 5.75 Å². The van der Waals surface area contributed by atoms with Crippen LogP contribution in [0.1, 0.15) is 11.1 Å². The molecule has 0 aliphatic carbocycles. The number of benzene rings is 3. The highest BCUT2D eigenvalue weighted by Crippen LogP contribution is 2.32. The minimum absolute atomic E-state index is 0.234. The summed E-state index contributed by atoms with van der Waals surface area (Å²) in [7, 11) is 0. The lowest BCUT2D eigenvalue weighted by molar-refractivity contribution is 0.143. The zero-order valence-electron chi connectivity index (χ0n) is 14.8. The van der Waals surface area contributed by atoms with Crippen molar-refractivity contribution in [2.75, 3.05) is 6.54 Å². The average Bonchev–Trinajstić information content (AvgIpc) is 2.67. The summed E-state index contributed by atoms with van der Waals surface area (Å²) < 4.78 is 0. The molecular formula is C22H21NO3S. The molecule has 3 aromatic rings. The van der Waals surface area contributed by atoms with E-state index in [-0.39, 0.29) is 5.75 Å². The van der Waals surface area contributed by atoms with Crippen LogP contribution in [0.4, 0.5) is 4.79 Å². The zero-order valence-corrected chi connectivity index (χ0v) is 15.6. The SMILES string of the molecule is O=C(O)N(CCc1ccccc1Sc1cccc(O)c1)Cc1ccccc1. The first-order chi connectivity index (χ1) is 13.1. The van der Waals surface area contributed by atoms with Gasteiger partial charge in [-0.25, -0.2) is 4.79 Å². The number of phenolic OH excluding ortho intramolecular Hbond substituents is 1. The number of phenols is 1. The van der Waals surface area contributed by atoms with Gasteiger partial charge in [0, 0.05) is 22.9 Å². The van der Waals surface area contributed by atoms with Crippen LogP contribution in [0.15, 0.2) is 88.7 Å². The molecule has 0 fully saturated rings. The minimum Gasteiger partial charge on any atom is -0.508 e. The lowest BCUT2D eigenvalue weighted by Gasteiger charge is -2.20. The molecule has 5 heteroatoms. The molecule has 4 nitrogen and oxygen atoms in total. The molecule has 0 radical (unpaired) electrons. The lowest BCUT2D eigenvalue weighted by Crippen LogP contribution is -2.31. The molecule has 3 aromatic carbocycles. The van der Waals surface area contributed by atoms with E-state index in [1.54, 1.807) is 23.9 Å². The molecule has 0 bridgehead atoms. The van der Waals surface area contributed by atoms with Gasteiger partial charge in [0.15, 0.2) is 0 Å². The fourth-order valence-corrected chi connectivity index (χ4v) is 3.81. The largest absolute Gasteiger partial charge is 0.508 e. The Morgan fingerprint density at radius 2 is 1.67 bits per heavy atom. The van der Waals surface area contributed by atoms with Crippen molar-refractivity contribution in [3.63, 3.8) is 0 Å². The van der Waals surface area contributed by atoms with Crippen LogP contribution in [0, 0.1) is 0 Å². The first kappa shape index (κ1) is 18.9. The van der Waals surface area contributed by atoms with Crippen molar-refractivity contribution in [3.05, 3.63) is 90.0 Å². The second-order valence-corrected chi connectivity index (χ2v) is 7.26. The van der Waals surface area contributed by atoms with Crippen molar-refractivity contribution in [2.24, 2.45) is 0 Å². The van der Waals surface area contributed by atoms with E-state index in [0.717, 1.165) is 20.9 Å². The second-order valence-electron chi connectivity index (χ2n) is 6.15. The Morgan fingerprint density at radius 3 is 2.41 bits per heavy atom. The fourth-order valence-electron chi connectivity index (χ4n) is 2.79. The molecule has 0 unspecified atom stereocenters. The lowest BCUT2D eigenvalue weighted by atomic mass is 10.1.